The molecule has 3 N–H and O–H groups in total. The number of aromatic amines is 1. The number of nitrogens with zero attached hydrogens (tertiary/aromatic N) is 3. The molecule has 0 radical (unpaired) electrons. The maximum absolute atomic E-state index is 13.8. The van der Waals surface area contributed by atoms with Crippen LogP contribution < -0.4 is 21.1 Å². The monoisotopic (exact) mass is 740 g/mol. The smallest absolute Gasteiger partial charge is 0.439 e. The molecule has 1 atom stereocenters. The molecule has 54 heavy (non-hydrogen) atoms. The van der Waals surface area contributed by atoms with Gasteiger partial charge in [0.25, 0.3) is 0 Å². The lowest BCUT2D eigenvalue weighted by Crippen LogP contribution is -2.37. The van der Waals surface area contributed by atoms with E-state index in [1.807, 2.05) is 71.3 Å². The summed E-state index contributed by atoms with van der Waals surface area (Å²) in [5, 5.41) is 9.56. The number of hydrogen-bond acceptors (Lipinski definition) is 10. The zero-order valence-electron chi connectivity index (χ0n) is 31.9. The molecule has 13 heteroatoms. The van der Waals surface area contributed by atoms with Crippen LogP contribution in [0.5, 0.6) is 5.88 Å². The van der Waals surface area contributed by atoms with Gasteiger partial charge in [-0.1, -0.05) is 29.4 Å². The number of anilines is 1. The Morgan fingerprint density at radius 3 is 2.24 bits per heavy atom. The van der Waals surface area contributed by atoms with E-state index in [-0.39, 0.29) is 35.8 Å². The van der Waals surface area contributed by atoms with E-state index >= 15 is 0 Å². The van der Waals surface area contributed by atoms with Crippen LogP contribution in [0.2, 0.25) is 0 Å². The lowest BCUT2D eigenvalue weighted by Gasteiger charge is -2.29. The van der Waals surface area contributed by atoms with Gasteiger partial charge in [0.1, 0.15) is 11.4 Å². The van der Waals surface area contributed by atoms with Crippen molar-refractivity contribution in [2.45, 2.75) is 71.3 Å². The van der Waals surface area contributed by atoms with Gasteiger partial charge in [-0.15, -0.1) is 0 Å². The van der Waals surface area contributed by atoms with E-state index < -0.39 is 23.4 Å². The number of rotatable bonds is 16. The van der Waals surface area contributed by atoms with Crippen LogP contribution in [0.4, 0.5) is 10.5 Å². The molecular formula is C41H52N6O7. The number of benzene rings is 2. The number of alkyl carbamates (subject to hydrolysis) is 1. The third-order valence-electron chi connectivity index (χ3n) is 9.43. The van der Waals surface area contributed by atoms with E-state index in [2.05, 4.69) is 35.2 Å². The molecule has 5 rings (SSSR count). The van der Waals surface area contributed by atoms with E-state index in [0.717, 1.165) is 42.5 Å². The van der Waals surface area contributed by atoms with Crippen molar-refractivity contribution in [2.75, 3.05) is 39.1 Å². The van der Waals surface area contributed by atoms with E-state index in [4.69, 9.17) is 9.47 Å². The minimum absolute atomic E-state index is 0.0748. The average Bonchev–Trinajstić information content (AvgIpc) is 3.58. The normalized spacial score (nSPS) is 16.4. The Morgan fingerprint density at radius 2 is 1.63 bits per heavy atom. The highest BCUT2D eigenvalue weighted by molar-refractivity contribution is 5.96. The first-order valence-corrected chi connectivity index (χ1v) is 18.6. The fourth-order valence-corrected chi connectivity index (χ4v) is 6.52. The molecule has 1 saturated carbocycles. The van der Waals surface area contributed by atoms with Crippen molar-refractivity contribution >= 4 is 23.5 Å². The Bertz CT molecular complexity index is 1870. The number of H-pyrrole nitrogens is 1. The van der Waals surface area contributed by atoms with Crippen LogP contribution in [0, 0.1) is 17.8 Å². The largest absolute Gasteiger partial charge is 0.478 e. The van der Waals surface area contributed by atoms with Crippen molar-refractivity contribution in [3.63, 3.8) is 0 Å². The fourth-order valence-electron chi connectivity index (χ4n) is 6.52. The van der Waals surface area contributed by atoms with Gasteiger partial charge in [-0.3, -0.25) is 19.1 Å². The molecule has 0 aliphatic heterocycles. The number of carbonyl (C=O) groups is 3. The molecule has 2 aromatic heterocycles. The summed E-state index contributed by atoms with van der Waals surface area (Å²) in [5.74, 6) is -0.439. The molecule has 0 saturated heterocycles. The number of ketones is 1. The third kappa shape index (κ3) is 12.4. The van der Waals surface area contributed by atoms with Crippen molar-refractivity contribution in [1.82, 2.24) is 25.3 Å². The zero-order valence-corrected chi connectivity index (χ0v) is 31.9. The lowest BCUT2D eigenvalue weighted by atomic mass is 9.77. The zero-order chi connectivity index (χ0) is 38.7. The van der Waals surface area contributed by atoms with Gasteiger partial charge in [0, 0.05) is 60.4 Å². The molecule has 1 fully saturated rings. The van der Waals surface area contributed by atoms with Crippen LogP contribution in [-0.2, 0) is 20.7 Å². The van der Waals surface area contributed by atoms with Gasteiger partial charge in [0.05, 0.1) is 6.61 Å². The van der Waals surface area contributed by atoms with Gasteiger partial charge in [-0.25, -0.2) is 14.6 Å². The Hall–Kier alpha value is -5.30. The highest BCUT2D eigenvalue weighted by Crippen LogP contribution is 2.32. The lowest BCUT2D eigenvalue weighted by molar-refractivity contribution is -0.129. The number of Topliss-reactive ketones (excluding diaryl/α,β-unsaturated/α-hetero) is 1. The molecule has 4 aromatic rings. The summed E-state index contributed by atoms with van der Waals surface area (Å²) in [6, 6.07) is 18.7. The van der Waals surface area contributed by atoms with Crippen LogP contribution in [0.15, 0.2) is 76.2 Å². The quantitative estimate of drug-likeness (QED) is 0.108. The first-order valence-electron chi connectivity index (χ1n) is 18.6. The molecule has 0 bridgehead atoms. The Labute approximate surface area is 316 Å². The standard InChI is InChI=1S/C41H52N6O7/c1-41(2,3)53-39(50)43-25-28-9-13-30(14-10-28)35(48)24-33(38(49)44-34-18-15-31(16-19-34)37-45-40(51)54-46-37)23-27-7-11-29(12-8-27)32-17-20-36(42-26-32)52-22-6-21-47(4)5/h7-8,11-12,15-20,26,28,30,33H,6,9-10,13-14,21-25H2,1-5H3,(H,43,50)(H,44,49)(H,45,46,51)/t28?,30?,33-/m1/s1. The molecule has 2 aromatic carbocycles. The molecule has 13 nitrogen and oxygen atoms in total. The highest BCUT2D eigenvalue weighted by Gasteiger charge is 2.31. The Morgan fingerprint density at radius 1 is 0.944 bits per heavy atom. The second kappa shape index (κ2) is 18.6. The maximum Gasteiger partial charge on any atom is 0.439 e. The van der Waals surface area contributed by atoms with Gasteiger partial charge < -0.3 is 25.0 Å². The third-order valence-corrected chi connectivity index (χ3v) is 9.43. The second-order valence-corrected chi connectivity index (χ2v) is 15.3. The van der Waals surface area contributed by atoms with Gasteiger partial charge in [0.2, 0.25) is 11.8 Å². The predicted octanol–water partition coefficient (Wildman–Crippen LogP) is 6.51. The second-order valence-electron chi connectivity index (χ2n) is 15.3. The average molecular weight is 741 g/mol. The van der Waals surface area contributed by atoms with Crippen molar-refractivity contribution in [2.24, 2.45) is 17.8 Å². The number of carbonyl (C=O) groups excluding carboxylic acids is 3. The van der Waals surface area contributed by atoms with Gasteiger partial charge >= 0.3 is 11.8 Å². The van der Waals surface area contributed by atoms with Crippen LogP contribution in [0.1, 0.15) is 64.9 Å². The van der Waals surface area contributed by atoms with Crippen LogP contribution in [0.25, 0.3) is 22.5 Å². The topological polar surface area (TPSA) is 169 Å². The Balaban J connectivity index is 1.21. The van der Waals surface area contributed by atoms with Crippen LogP contribution in [0.3, 0.4) is 0 Å². The summed E-state index contributed by atoms with van der Waals surface area (Å²) in [7, 11) is 4.06. The number of ether oxygens (including phenoxy) is 2. The summed E-state index contributed by atoms with van der Waals surface area (Å²) in [6.45, 7) is 7.54. The fraction of sp³-hybridized carbons (Fsp3) is 0.463. The Kier molecular flexibility index (Phi) is 13.8. The maximum atomic E-state index is 13.8. The molecule has 1 aliphatic rings. The van der Waals surface area contributed by atoms with E-state index in [1.165, 1.54) is 0 Å². The number of amides is 2. The van der Waals surface area contributed by atoms with E-state index in [1.54, 1.807) is 30.5 Å². The minimum Gasteiger partial charge on any atom is -0.478 e. The van der Waals surface area contributed by atoms with Crippen molar-refractivity contribution in [3.8, 4) is 28.4 Å². The summed E-state index contributed by atoms with van der Waals surface area (Å²) in [6.07, 6.45) is 5.80. The van der Waals surface area contributed by atoms with E-state index in [0.29, 0.717) is 49.5 Å². The van der Waals surface area contributed by atoms with Crippen LogP contribution >= 0.6 is 0 Å². The summed E-state index contributed by atoms with van der Waals surface area (Å²) in [5.41, 5.74) is 3.48. The number of hydrogen-bond donors (Lipinski definition) is 3. The molecule has 1 aliphatic carbocycles. The number of pyridine rings is 1. The minimum atomic E-state index is -0.653. The van der Waals surface area contributed by atoms with Crippen molar-refractivity contribution in [3.05, 3.63) is 83.0 Å². The molecule has 0 unspecified atom stereocenters. The summed E-state index contributed by atoms with van der Waals surface area (Å²) < 4.78 is 15.7. The van der Waals surface area contributed by atoms with Crippen LogP contribution in [-0.4, -0.2) is 77.2 Å². The molecule has 2 heterocycles. The number of aromatic nitrogens is 3. The molecule has 2 amide bonds. The molecule has 0 spiro atoms. The van der Waals surface area contributed by atoms with Gasteiger partial charge in [-0.05, 0) is 121 Å². The van der Waals surface area contributed by atoms with Crippen molar-refractivity contribution < 1.29 is 28.4 Å². The predicted molar refractivity (Wildman–Crippen MR) is 206 cm³/mol. The SMILES string of the molecule is CN(C)CCCOc1ccc(-c2ccc(C[C@H](CC(=O)C3CCC(CNC(=O)OC(C)(C)C)CC3)C(=O)Nc3ccc(-c4noc(=O)[nH]4)cc3)cc2)cn1. The molecule has 288 valence electrons. The summed E-state index contributed by atoms with van der Waals surface area (Å²) in [4.78, 5) is 60.2. The number of nitrogens with one attached hydrogen (secondary N) is 3. The summed E-state index contributed by atoms with van der Waals surface area (Å²) >= 11 is 0. The first-order chi connectivity index (χ1) is 25.8. The van der Waals surface area contributed by atoms with Gasteiger partial charge in [0.15, 0.2) is 5.82 Å². The molecular weight excluding hydrogens is 688 g/mol. The van der Waals surface area contributed by atoms with Crippen molar-refractivity contribution in [1.29, 1.82) is 0 Å². The highest BCUT2D eigenvalue weighted by atomic mass is 16.6. The van der Waals surface area contributed by atoms with Gasteiger partial charge in [-0.2, -0.15) is 0 Å². The van der Waals surface area contributed by atoms with E-state index in [9.17, 15) is 19.2 Å². The first kappa shape index (κ1) is 39.9.